The van der Waals surface area contributed by atoms with Crippen molar-refractivity contribution in [2.45, 2.75) is 25.3 Å². The number of ether oxygens (including phenoxy) is 1. The summed E-state index contributed by atoms with van der Waals surface area (Å²) in [6.45, 7) is 4.33. The van der Waals surface area contributed by atoms with Crippen molar-refractivity contribution in [1.82, 2.24) is 9.62 Å². The molecule has 160 valence electrons. The summed E-state index contributed by atoms with van der Waals surface area (Å²) in [6.07, 6.45) is 2.69. The Hall–Kier alpha value is -2.97. The maximum absolute atomic E-state index is 12.5. The third-order valence-electron chi connectivity index (χ3n) is 4.31. The zero-order valence-electron chi connectivity index (χ0n) is 17.1. The number of hydrogen-bond acceptors (Lipinski definition) is 5. The minimum Gasteiger partial charge on any atom is -0.452 e. The van der Waals surface area contributed by atoms with Crippen LogP contribution in [0.3, 0.4) is 0 Å². The fourth-order valence-corrected chi connectivity index (χ4v) is 4.12. The molecule has 0 saturated carbocycles. The SMILES string of the molecule is CCN(CC)S(=O)(=O)c1ccc(C=CC(=O)OCC(=O)NCc2ccccc2)cc1. The van der Waals surface area contributed by atoms with Crippen molar-refractivity contribution in [2.75, 3.05) is 19.7 Å². The molecule has 0 spiro atoms. The van der Waals surface area contributed by atoms with Crippen molar-refractivity contribution >= 4 is 28.0 Å². The minimum atomic E-state index is -3.52. The molecule has 0 radical (unpaired) electrons. The van der Waals surface area contributed by atoms with E-state index in [0.717, 1.165) is 5.56 Å². The fourth-order valence-electron chi connectivity index (χ4n) is 2.66. The van der Waals surface area contributed by atoms with Crippen LogP contribution in [-0.4, -0.2) is 44.3 Å². The number of benzene rings is 2. The van der Waals surface area contributed by atoms with Crippen LogP contribution in [-0.2, 0) is 30.9 Å². The van der Waals surface area contributed by atoms with Gasteiger partial charge in [-0.3, -0.25) is 4.79 Å². The zero-order chi connectivity index (χ0) is 22.0. The van der Waals surface area contributed by atoms with Gasteiger partial charge in [0.1, 0.15) is 0 Å². The molecule has 1 N–H and O–H groups in total. The Balaban J connectivity index is 1.84. The molecule has 0 aliphatic rings. The van der Waals surface area contributed by atoms with Crippen LogP contribution < -0.4 is 5.32 Å². The molecular formula is C22H26N2O5S. The molecule has 7 nitrogen and oxygen atoms in total. The van der Waals surface area contributed by atoms with Crippen molar-refractivity contribution in [3.63, 3.8) is 0 Å². The second kappa shape index (κ2) is 11.3. The van der Waals surface area contributed by atoms with Crippen molar-refractivity contribution < 1.29 is 22.7 Å². The van der Waals surface area contributed by atoms with Crippen LogP contribution in [0.4, 0.5) is 0 Å². The second-order valence-corrected chi connectivity index (χ2v) is 8.30. The number of sulfonamides is 1. The van der Waals surface area contributed by atoms with Crippen molar-refractivity contribution in [3.8, 4) is 0 Å². The average molecular weight is 431 g/mol. The number of esters is 1. The lowest BCUT2D eigenvalue weighted by molar-refractivity contribution is -0.143. The van der Waals surface area contributed by atoms with E-state index in [0.29, 0.717) is 25.2 Å². The van der Waals surface area contributed by atoms with Crippen molar-refractivity contribution in [2.24, 2.45) is 0 Å². The van der Waals surface area contributed by atoms with E-state index in [1.165, 1.54) is 28.6 Å². The van der Waals surface area contributed by atoms with Crippen molar-refractivity contribution in [3.05, 3.63) is 71.8 Å². The highest BCUT2D eigenvalue weighted by molar-refractivity contribution is 7.89. The van der Waals surface area contributed by atoms with Crippen LogP contribution in [0.1, 0.15) is 25.0 Å². The summed E-state index contributed by atoms with van der Waals surface area (Å²) < 4.78 is 31.2. The summed E-state index contributed by atoms with van der Waals surface area (Å²) in [6, 6.07) is 15.6. The van der Waals surface area contributed by atoms with E-state index in [-0.39, 0.29) is 11.5 Å². The Morgan fingerprint density at radius 1 is 1.00 bits per heavy atom. The van der Waals surface area contributed by atoms with Gasteiger partial charge in [-0.25, -0.2) is 13.2 Å². The van der Waals surface area contributed by atoms with Gasteiger partial charge >= 0.3 is 5.97 Å². The van der Waals surface area contributed by atoms with E-state index in [1.807, 2.05) is 30.3 Å². The smallest absolute Gasteiger partial charge is 0.331 e. The molecule has 0 heterocycles. The van der Waals surface area contributed by atoms with Gasteiger partial charge in [-0.2, -0.15) is 4.31 Å². The minimum absolute atomic E-state index is 0.195. The molecule has 2 aromatic rings. The quantitative estimate of drug-likeness (QED) is 0.462. The van der Waals surface area contributed by atoms with E-state index < -0.39 is 21.9 Å². The maximum atomic E-state index is 12.5. The summed E-state index contributed by atoms with van der Waals surface area (Å²) in [4.78, 5) is 23.7. The molecule has 0 bridgehead atoms. The Bertz CT molecular complexity index is 966. The fraction of sp³-hybridized carbons (Fsp3) is 0.273. The summed E-state index contributed by atoms with van der Waals surface area (Å²) in [5.74, 6) is -1.06. The summed E-state index contributed by atoms with van der Waals surface area (Å²) in [7, 11) is -3.52. The topological polar surface area (TPSA) is 92.8 Å². The highest BCUT2D eigenvalue weighted by Crippen LogP contribution is 2.16. The molecule has 0 unspecified atom stereocenters. The molecule has 0 atom stereocenters. The van der Waals surface area contributed by atoms with Gasteiger partial charge in [0.25, 0.3) is 5.91 Å². The predicted molar refractivity (Wildman–Crippen MR) is 115 cm³/mol. The first-order chi connectivity index (χ1) is 14.4. The third kappa shape index (κ3) is 6.82. The zero-order valence-corrected chi connectivity index (χ0v) is 17.9. The van der Waals surface area contributed by atoms with E-state index >= 15 is 0 Å². The summed E-state index contributed by atoms with van der Waals surface area (Å²) in [5, 5.41) is 2.67. The highest BCUT2D eigenvalue weighted by atomic mass is 32.2. The van der Waals surface area contributed by atoms with Crippen LogP contribution in [0.15, 0.2) is 65.6 Å². The van der Waals surface area contributed by atoms with Crippen LogP contribution in [0.25, 0.3) is 6.08 Å². The summed E-state index contributed by atoms with van der Waals surface area (Å²) in [5.41, 5.74) is 1.59. The molecule has 0 aliphatic carbocycles. The highest BCUT2D eigenvalue weighted by Gasteiger charge is 2.20. The number of carbonyl (C=O) groups excluding carboxylic acids is 2. The molecule has 2 rings (SSSR count). The number of carbonyl (C=O) groups is 2. The van der Waals surface area contributed by atoms with Gasteiger partial charge in [0.2, 0.25) is 10.0 Å². The molecule has 0 fully saturated rings. The van der Waals surface area contributed by atoms with E-state index in [1.54, 1.807) is 26.0 Å². The van der Waals surface area contributed by atoms with Gasteiger partial charge < -0.3 is 10.1 Å². The average Bonchev–Trinajstić information content (AvgIpc) is 2.76. The Kier molecular flexibility index (Phi) is 8.76. The maximum Gasteiger partial charge on any atom is 0.331 e. The molecule has 0 aliphatic heterocycles. The van der Waals surface area contributed by atoms with Gasteiger partial charge in [-0.1, -0.05) is 56.3 Å². The van der Waals surface area contributed by atoms with Crippen LogP contribution >= 0.6 is 0 Å². The second-order valence-electron chi connectivity index (χ2n) is 6.36. The normalized spacial score (nSPS) is 11.6. The molecule has 2 aromatic carbocycles. The number of amides is 1. The monoisotopic (exact) mass is 430 g/mol. The lowest BCUT2D eigenvalue weighted by Gasteiger charge is -2.18. The first-order valence-electron chi connectivity index (χ1n) is 9.62. The lowest BCUT2D eigenvalue weighted by atomic mass is 10.2. The summed E-state index contributed by atoms with van der Waals surface area (Å²) >= 11 is 0. The third-order valence-corrected chi connectivity index (χ3v) is 6.38. The van der Waals surface area contributed by atoms with E-state index in [9.17, 15) is 18.0 Å². The van der Waals surface area contributed by atoms with Gasteiger partial charge in [0.05, 0.1) is 4.90 Å². The number of nitrogens with zero attached hydrogens (tertiary/aromatic N) is 1. The lowest BCUT2D eigenvalue weighted by Crippen LogP contribution is -2.30. The molecule has 1 amide bonds. The number of rotatable bonds is 10. The number of hydrogen-bond donors (Lipinski definition) is 1. The first kappa shape index (κ1) is 23.3. The van der Waals surface area contributed by atoms with Gasteiger partial charge in [0, 0.05) is 25.7 Å². The molecule has 30 heavy (non-hydrogen) atoms. The van der Waals surface area contributed by atoms with Crippen LogP contribution in [0.5, 0.6) is 0 Å². The largest absolute Gasteiger partial charge is 0.452 e. The van der Waals surface area contributed by atoms with E-state index in [4.69, 9.17) is 4.74 Å². The Morgan fingerprint density at radius 2 is 1.63 bits per heavy atom. The van der Waals surface area contributed by atoms with Gasteiger partial charge in [-0.05, 0) is 29.3 Å². The Morgan fingerprint density at radius 3 is 2.23 bits per heavy atom. The first-order valence-corrected chi connectivity index (χ1v) is 11.1. The molecule has 0 aromatic heterocycles. The van der Waals surface area contributed by atoms with Gasteiger partial charge in [-0.15, -0.1) is 0 Å². The van der Waals surface area contributed by atoms with Crippen molar-refractivity contribution in [1.29, 1.82) is 0 Å². The van der Waals surface area contributed by atoms with E-state index in [2.05, 4.69) is 5.32 Å². The van der Waals surface area contributed by atoms with Gasteiger partial charge in [0.15, 0.2) is 6.61 Å². The standard InChI is InChI=1S/C22H26N2O5S/c1-3-24(4-2)30(27,28)20-13-10-18(11-14-20)12-15-22(26)29-17-21(25)23-16-19-8-6-5-7-9-19/h5-15H,3-4,16-17H2,1-2H3,(H,23,25). The molecular weight excluding hydrogens is 404 g/mol. The molecule has 0 saturated heterocycles. The predicted octanol–water partition coefficient (Wildman–Crippen LogP) is 2.59. The van der Waals surface area contributed by atoms with Crippen LogP contribution in [0.2, 0.25) is 0 Å². The van der Waals surface area contributed by atoms with Crippen LogP contribution in [0, 0.1) is 0 Å². The Labute approximate surface area is 177 Å². The number of nitrogens with one attached hydrogen (secondary N) is 1. The molecule has 8 heteroatoms.